The Morgan fingerprint density at radius 3 is 2.80 bits per heavy atom. The first-order valence-electron chi connectivity index (χ1n) is 7.38. The number of carbonyl (C=O) groups is 1. The van der Waals surface area contributed by atoms with Crippen LogP contribution in [0.25, 0.3) is 0 Å². The van der Waals surface area contributed by atoms with E-state index in [2.05, 4.69) is 0 Å². The summed E-state index contributed by atoms with van der Waals surface area (Å²) in [6.45, 7) is 0.209. The maximum Gasteiger partial charge on any atom is 0.270 e. The molecule has 0 N–H and O–H groups in total. The largest absolute Gasteiger partial charge is 0.454 e. The van der Waals surface area contributed by atoms with Crippen LogP contribution in [0, 0.1) is 10.1 Å². The van der Waals surface area contributed by atoms with E-state index >= 15 is 0 Å². The van der Waals surface area contributed by atoms with E-state index in [4.69, 9.17) is 9.47 Å². The molecule has 2 aromatic rings. The zero-order valence-corrected chi connectivity index (χ0v) is 13.9. The fraction of sp³-hybridized carbons (Fsp3) is 0.118. The summed E-state index contributed by atoms with van der Waals surface area (Å²) in [5.74, 6) is 1.08. The van der Waals surface area contributed by atoms with Gasteiger partial charge in [-0.3, -0.25) is 14.9 Å². The second-order valence-corrected chi connectivity index (χ2v) is 6.55. The normalized spacial score (nSPS) is 16.2. The van der Waals surface area contributed by atoms with Crippen molar-refractivity contribution in [1.82, 2.24) is 0 Å². The average Bonchev–Trinajstić information content (AvgIpc) is 3.18. The van der Waals surface area contributed by atoms with Crippen molar-refractivity contribution in [2.45, 2.75) is 4.90 Å². The molecule has 7 nitrogen and oxygen atoms in total. The third-order valence-electron chi connectivity index (χ3n) is 3.96. The van der Waals surface area contributed by atoms with Crippen LogP contribution in [0.1, 0.15) is 10.4 Å². The van der Waals surface area contributed by atoms with Crippen molar-refractivity contribution in [3.05, 3.63) is 63.2 Å². The molecule has 0 atom stereocenters. The molecule has 2 aliphatic heterocycles. The summed E-state index contributed by atoms with van der Waals surface area (Å²) in [5.41, 5.74) is 1.10. The number of rotatable bonds is 3. The van der Waals surface area contributed by atoms with E-state index in [1.807, 2.05) is 24.1 Å². The van der Waals surface area contributed by atoms with E-state index < -0.39 is 4.92 Å². The fourth-order valence-electron chi connectivity index (χ4n) is 2.65. The number of hydrogen-bond donors (Lipinski definition) is 0. The summed E-state index contributed by atoms with van der Waals surface area (Å²) in [6.07, 6.45) is 1.48. The Morgan fingerprint density at radius 1 is 1.28 bits per heavy atom. The molecule has 2 aliphatic rings. The van der Waals surface area contributed by atoms with Crippen molar-refractivity contribution in [3.63, 3.8) is 0 Å². The highest BCUT2D eigenvalue weighted by molar-refractivity contribution is 8.03. The first-order chi connectivity index (χ1) is 12.0. The number of carbonyl (C=O) groups excluding carboxylic acids is 1. The highest BCUT2D eigenvalue weighted by Crippen LogP contribution is 2.50. The van der Waals surface area contributed by atoms with E-state index in [0.717, 1.165) is 15.6 Å². The van der Waals surface area contributed by atoms with Crippen molar-refractivity contribution in [1.29, 1.82) is 0 Å². The molecule has 0 amide bonds. The standard InChI is InChI=1S/C17H12N2O5S/c1-18-12-6-14-15(24-9-23-14)8-16(12)25-17(18)7-13(20)10-3-2-4-11(5-10)19(21)22/h2-8H,9H2,1H3. The van der Waals surface area contributed by atoms with Crippen molar-refractivity contribution >= 4 is 28.9 Å². The van der Waals surface area contributed by atoms with E-state index in [1.54, 1.807) is 6.07 Å². The summed E-state index contributed by atoms with van der Waals surface area (Å²) in [5, 5.41) is 11.6. The lowest BCUT2D eigenvalue weighted by molar-refractivity contribution is -0.384. The van der Waals surface area contributed by atoms with Gasteiger partial charge in [0.15, 0.2) is 17.3 Å². The minimum Gasteiger partial charge on any atom is -0.454 e. The number of benzene rings is 2. The highest BCUT2D eigenvalue weighted by Gasteiger charge is 2.27. The quantitative estimate of drug-likeness (QED) is 0.360. The number of nitrogens with zero attached hydrogens (tertiary/aromatic N) is 2. The van der Waals surface area contributed by atoms with Gasteiger partial charge >= 0.3 is 0 Å². The molecule has 0 radical (unpaired) electrons. The van der Waals surface area contributed by atoms with E-state index in [0.29, 0.717) is 11.5 Å². The van der Waals surface area contributed by atoms with Crippen LogP contribution in [0.5, 0.6) is 11.5 Å². The predicted octanol–water partition coefficient (Wildman–Crippen LogP) is 3.59. The Hall–Kier alpha value is -3.00. The lowest BCUT2D eigenvalue weighted by atomic mass is 10.1. The average molecular weight is 356 g/mol. The zero-order valence-electron chi connectivity index (χ0n) is 13.1. The van der Waals surface area contributed by atoms with Crippen molar-refractivity contribution < 1.29 is 19.2 Å². The predicted molar refractivity (Wildman–Crippen MR) is 92.3 cm³/mol. The molecule has 25 heavy (non-hydrogen) atoms. The van der Waals surface area contributed by atoms with Crippen LogP contribution in [0.15, 0.2) is 52.4 Å². The molecule has 4 rings (SSSR count). The van der Waals surface area contributed by atoms with Crippen molar-refractivity contribution in [3.8, 4) is 11.5 Å². The molecular weight excluding hydrogens is 344 g/mol. The monoisotopic (exact) mass is 356 g/mol. The molecule has 2 heterocycles. The van der Waals surface area contributed by atoms with Gasteiger partial charge in [0.05, 0.1) is 15.6 Å². The first-order valence-corrected chi connectivity index (χ1v) is 8.20. The Bertz CT molecular complexity index is 941. The second kappa shape index (κ2) is 5.82. The Labute approximate surface area is 147 Å². The summed E-state index contributed by atoms with van der Waals surface area (Å²) in [7, 11) is 1.85. The lowest BCUT2D eigenvalue weighted by Crippen LogP contribution is -2.11. The van der Waals surface area contributed by atoms with Gasteiger partial charge in [-0.1, -0.05) is 23.9 Å². The fourth-order valence-corrected chi connectivity index (χ4v) is 3.74. The van der Waals surface area contributed by atoms with Crippen LogP contribution in [0.2, 0.25) is 0 Å². The molecule has 126 valence electrons. The number of nitro benzene ring substituents is 1. The molecule has 0 aliphatic carbocycles. The van der Waals surface area contributed by atoms with Crippen LogP contribution < -0.4 is 14.4 Å². The molecule has 0 spiro atoms. The Balaban J connectivity index is 1.63. The lowest BCUT2D eigenvalue weighted by Gasteiger charge is -2.13. The Kier molecular flexibility index (Phi) is 3.61. The minimum atomic E-state index is -0.516. The van der Waals surface area contributed by atoms with Gasteiger partial charge < -0.3 is 14.4 Å². The van der Waals surface area contributed by atoms with Gasteiger partial charge in [0.25, 0.3) is 5.69 Å². The second-order valence-electron chi connectivity index (χ2n) is 5.49. The molecule has 0 unspecified atom stereocenters. The maximum absolute atomic E-state index is 12.5. The van der Waals surface area contributed by atoms with Gasteiger partial charge in [-0.15, -0.1) is 0 Å². The van der Waals surface area contributed by atoms with E-state index in [9.17, 15) is 14.9 Å². The van der Waals surface area contributed by atoms with Crippen LogP contribution in [0.4, 0.5) is 11.4 Å². The molecule has 0 bridgehead atoms. The van der Waals surface area contributed by atoms with Gasteiger partial charge in [-0.25, -0.2) is 0 Å². The van der Waals surface area contributed by atoms with Crippen LogP contribution in [-0.2, 0) is 0 Å². The summed E-state index contributed by atoms with van der Waals surface area (Å²) >= 11 is 1.44. The van der Waals surface area contributed by atoms with Gasteiger partial charge in [0.2, 0.25) is 6.79 Å². The van der Waals surface area contributed by atoms with Crippen LogP contribution >= 0.6 is 11.8 Å². The van der Waals surface area contributed by atoms with Gasteiger partial charge in [-0.05, 0) is 0 Å². The third-order valence-corrected chi connectivity index (χ3v) is 5.10. The zero-order chi connectivity index (χ0) is 17.6. The Morgan fingerprint density at radius 2 is 2.04 bits per heavy atom. The third kappa shape index (κ3) is 2.70. The highest BCUT2D eigenvalue weighted by atomic mass is 32.2. The summed E-state index contributed by atoms with van der Waals surface area (Å²) < 4.78 is 10.8. The van der Waals surface area contributed by atoms with E-state index in [1.165, 1.54) is 36.0 Å². The number of fused-ring (bicyclic) bond motifs is 2. The van der Waals surface area contributed by atoms with Crippen molar-refractivity contribution in [2.24, 2.45) is 0 Å². The molecule has 0 saturated carbocycles. The molecule has 0 saturated heterocycles. The number of non-ortho nitro benzene ring substituents is 1. The van der Waals surface area contributed by atoms with Gasteiger partial charge in [0.1, 0.15) is 0 Å². The maximum atomic E-state index is 12.5. The number of hydrogen-bond acceptors (Lipinski definition) is 7. The number of nitro groups is 1. The summed E-state index contributed by atoms with van der Waals surface area (Å²) in [6, 6.07) is 9.47. The van der Waals surface area contributed by atoms with Gasteiger partial charge in [0, 0.05) is 47.8 Å². The topological polar surface area (TPSA) is 81.9 Å². The van der Waals surface area contributed by atoms with Crippen LogP contribution in [0.3, 0.4) is 0 Å². The SMILES string of the molecule is CN1C(=CC(=O)c2cccc([N+](=O)[O-])c2)Sc2cc3c(cc21)OCO3. The number of ether oxygens (including phenoxy) is 2. The summed E-state index contributed by atoms with van der Waals surface area (Å²) in [4.78, 5) is 25.7. The van der Waals surface area contributed by atoms with Crippen LogP contribution in [-0.4, -0.2) is 24.5 Å². The molecule has 0 fully saturated rings. The molecular formula is C17H12N2O5S. The van der Waals surface area contributed by atoms with Crippen molar-refractivity contribution in [2.75, 3.05) is 18.7 Å². The smallest absolute Gasteiger partial charge is 0.270 e. The number of anilines is 1. The first kappa shape index (κ1) is 15.5. The minimum absolute atomic E-state index is 0.106. The molecule has 0 aromatic heterocycles. The number of thioether (sulfide) groups is 1. The van der Waals surface area contributed by atoms with E-state index in [-0.39, 0.29) is 23.8 Å². The number of allylic oxidation sites excluding steroid dienone is 1. The van der Waals surface area contributed by atoms with Gasteiger partial charge in [-0.2, -0.15) is 0 Å². The number of ketones is 1. The molecule has 8 heteroatoms. The molecule has 2 aromatic carbocycles.